The molecule has 29 heavy (non-hydrogen) atoms. The average Bonchev–Trinajstić information content (AvgIpc) is 2.55. The number of nitrogens with zero attached hydrogens (tertiary/aromatic N) is 2. The molecule has 1 unspecified atom stereocenters. The fourth-order valence-corrected chi connectivity index (χ4v) is 3.85. The SMILES string of the molecule is CC(=O)O[C@@H]1[C@@H](Nc2nccc(C(F)(F)F)n2)[C@@H](S(C)(=N)=O)OC[C@@H]1OC(C)=O. The van der Waals surface area contributed by atoms with Crippen molar-refractivity contribution in [2.45, 2.75) is 43.7 Å². The lowest BCUT2D eigenvalue weighted by Crippen LogP contribution is -2.60. The van der Waals surface area contributed by atoms with Crippen molar-refractivity contribution in [1.29, 1.82) is 4.78 Å². The second-order valence-corrected chi connectivity index (χ2v) is 8.53. The van der Waals surface area contributed by atoms with Gasteiger partial charge in [-0.2, -0.15) is 13.2 Å². The van der Waals surface area contributed by atoms with Crippen molar-refractivity contribution in [2.75, 3.05) is 18.2 Å². The molecule has 1 aromatic rings. The number of carbonyl (C=O) groups excluding carboxylic acids is 2. The van der Waals surface area contributed by atoms with Gasteiger partial charge >= 0.3 is 18.1 Å². The summed E-state index contributed by atoms with van der Waals surface area (Å²) in [5.74, 6) is -2.05. The third kappa shape index (κ3) is 6.00. The Morgan fingerprint density at radius 3 is 2.45 bits per heavy atom. The molecule has 2 rings (SSSR count). The molecule has 1 aliphatic rings. The molecule has 1 aromatic heterocycles. The Balaban J connectivity index is 2.45. The fourth-order valence-electron chi connectivity index (χ4n) is 2.72. The van der Waals surface area contributed by atoms with Gasteiger partial charge in [-0.05, 0) is 6.07 Å². The van der Waals surface area contributed by atoms with E-state index in [0.29, 0.717) is 6.07 Å². The van der Waals surface area contributed by atoms with Crippen LogP contribution in [0.5, 0.6) is 0 Å². The van der Waals surface area contributed by atoms with Crippen LogP contribution >= 0.6 is 0 Å². The van der Waals surface area contributed by atoms with Crippen LogP contribution in [-0.2, 0) is 39.7 Å². The van der Waals surface area contributed by atoms with Gasteiger partial charge in [0.05, 0.1) is 16.3 Å². The van der Waals surface area contributed by atoms with Crippen molar-refractivity contribution in [3.63, 3.8) is 0 Å². The van der Waals surface area contributed by atoms with E-state index in [1.54, 1.807) is 0 Å². The van der Waals surface area contributed by atoms with Crippen LogP contribution in [0.15, 0.2) is 12.3 Å². The molecule has 5 atom stereocenters. The Morgan fingerprint density at radius 1 is 1.31 bits per heavy atom. The van der Waals surface area contributed by atoms with E-state index in [0.717, 1.165) is 26.3 Å². The van der Waals surface area contributed by atoms with Crippen molar-refractivity contribution < 1.29 is 41.2 Å². The number of hydrogen-bond acceptors (Lipinski definition) is 10. The van der Waals surface area contributed by atoms with E-state index < -0.39 is 63.2 Å². The number of esters is 2. The monoisotopic (exact) mass is 440 g/mol. The number of halogens is 3. The molecule has 1 aliphatic heterocycles. The van der Waals surface area contributed by atoms with Crippen molar-refractivity contribution >= 4 is 27.6 Å². The zero-order valence-corrected chi connectivity index (χ0v) is 16.4. The average molecular weight is 440 g/mol. The van der Waals surface area contributed by atoms with Crippen LogP contribution in [0.4, 0.5) is 19.1 Å². The van der Waals surface area contributed by atoms with E-state index in [-0.39, 0.29) is 6.61 Å². The number of rotatable bonds is 5. The number of hydrogen-bond donors (Lipinski definition) is 2. The third-order valence-electron chi connectivity index (χ3n) is 3.74. The molecule has 1 fully saturated rings. The van der Waals surface area contributed by atoms with Crippen molar-refractivity contribution in [3.8, 4) is 0 Å². The summed E-state index contributed by atoms with van der Waals surface area (Å²) in [5.41, 5.74) is -2.66. The lowest BCUT2D eigenvalue weighted by Gasteiger charge is -2.41. The summed E-state index contributed by atoms with van der Waals surface area (Å²) in [7, 11) is -3.45. The van der Waals surface area contributed by atoms with E-state index in [1.807, 2.05) is 0 Å². The number of carbonyl (C=O) groups is 2. The molecule has 162 valence electrons. The van der Waals surface area contributed by atoms with E-state index in [9.17, 15) is 27.0 Å². The van der Waals surface area contributed by atoms with Crippen molar-refractivity contribution in [3.05, 3.63) is 18.0 Å². The highest BCUT2D eigenvalue weighted by molar-refractivity contribution is 7.92. The normalized spacial score (nSPS) is 26.8. The Kier molecular flexibility index (Phi) is 6.67. The van der Waals surface area contributed by atoms with Crippen LogP contribution in [0.3, 0.4) is 0 Å². The molecule has 0 aromatic carbocycles. The summed E-state index contributed by atoms with van der Waals surface area (Å²) in [6.45, 7) is 1.83. The summed E-state index contributed by atoms with van der Waals surface area (Å²) in [6, 6.07) is -0.686. The molecule has 0 bridgehead atoms. The zero-order valence-electron chi connectivity index (χ0n) is 15.6. The highest BCUT2D eigenvalue weighted by Crippen LogP contribution is 2.30. The molecular formula is C15H19F3N4O6S. The molecule has 2 N–H and O–H groups in total. The first-order valence-electron chi connectivity index (χ1n) is 8.14. The molecule has 0 radical (unpaired) electrons. The smallest absolute Gasteiger partial charge is 0.433 e. The third-order valence-corrected chi connectivity index (χ3v) is 5.06. The summed E-state index contributed by atoms with van der Waals surface area (Å²) < 4.78 is 74.6. The van der Waals surface area contributed by atoms with Gasteiger partial charge in [0.1, 0.15) is 11.7 Å². The van der Waals surface area contributed by atoms with Crippen LogP contribution in [0.25, 0.3) is 0 Å². The molecule has 10 nitrogen and oxygen atoms in total. The highest BCUT2D eigenvalue weighted by atomic mass is 32.2. The maximum atomic E-state index is 12.9. The molecule has 2 heterocycles. The Morgan fingerprint density at radius 2 is 1.93 bits per heavy atom. The van der Waals surface area contributed by atoms with Crippen LogP contribution < -0.4 is 5.32 Å². The first kappa shape index (κ1) is 22.8. The molecule has 0 aliphatic carbocycles. The standard InChI is InChI=1S/C15H19F3N4O6S/c1-7(23)27-9-6-26-13(29(3,19)25)11(12(9)28-8(2)24)22-14-20-5-4-10(21-14)15(16,17)18/h4-5,9,11-13,19H,6H2,1-3H3,(H,20,21,22)/t9-,11+,12-,13+,29?/m0/s1. The summed E-state index contributed by atoms with van der Waals surface area (Å²) in [6.07, 6.45) is -5.32. The minimum absolute atomic E-state index is 0.340. The molecule has 14 heteroatoms. The highest BCUT2D eigenvalue weighted by Gasteiger charge is 2.48. The second kappa shape index (κ2) is 8.49. The van der Waals surface area contributed by atoms with Crippen LogP contribution in [-0.4, -0.2) is 62.7 Å². The first-order valence-corrected chi connectivity index (χ1v) is 10.2. The van der Waals surface area contributed by atoms with E-state index in [2.05, 4.69) is 15.3 Å². The number of anilines is 1. The van der Waals surface area contributed by atoms with E-state index in [1.165, 1.54) is 0 Å². The fraction of sp³-hybridized carbons (Fsp3) is 0.600. The van der Waals surface area contributed by atoms with E-state index in [4.69, 9.17) is 19.0 Å². The maximum absolute atomic E-state index is 12.9. The van der Waals surface area contributed by atoms with Crippen LogP contribution in [0, 0.1) is 4.78 Å². The maximum Gasteiger partial charge on any atom is 0.433 e. The minimum Gasteiger partial charge on any atom is -0.456 e. The lowest BCUT2D eigenvalue weighted by atomic mass is 10.0. The summed E-state index contributed by atoms with van der Waals surface area (Å²) in [5, 5.41) is 2.49. The van der Waals surface area contributed by atoms with Crippen LogP contribution in [0.2, 0.25) is 0 Å². The predicted molar refractivity (Wildman–Crippen MR) is 92.1 cm³/mol. The van der Waals surface area contributed by atoms with Gasteiger partial charge in [-0.15, -0.1) is 0 Å². The second-order valence-electron chi connectivity index (χ2n) is 6.26. The van der Waals surface area contributed by atoms with Gasteiger partial charge in [-0.1, -0.05) is 0 Å². The predicted octanol–water partition coefficient (Wildman–Crippen LogP) is 1.17. The Labute approximate surface area is 164 Å². The lowest BCUT2D eigenvalue weighted by molar-refractivity contribution is -0.183. The van der Waals surface area contributed by atoms with Gasteiger partial charge in [0.25, 0.3) is 0 Å². The number of nitrogens with one attached hydrogen (secondary N) is 2. The number of aromatic nitrogens is 2. The minimum atomic E-state index is -4.74. The Hall–Kier alpha value is -2.48. The molecule has 0 spiro atoms. The van der Waals surface area contributed by atoms with Crippen molar-refractivity contribution in [1.82, 2.24) is 9.97 Å². The van der Waals surface area contributed by atoms with Gasteiger partial charge in [-0.25, -0.2) is 14.2 Å². The van der Waals surface area contributed by atoms with Gasteiger partial charge in [0, 0.05) is 26.3 Å². The van der Waals surface area contributed by atoms with E-state index >= 15 is 0 Å². The number of ether oxygens (including phenoxy) is 3. The molecule has 0 saturated carbocycles. The molecular weight excluding hydrogens is 421 g/mol. The largest absolute Gasteiger partial charge is 0.456 e. The quantitative estimate of drug-likeness (QED) is 0.646. The van der Waals surface area contributed by atoms with Gasteiger partial charge in [-0.3, -0.25) is 14.4 Å². The van der Waals surface area contributed by atoms with Gasteiger partial charge in [0.2, 0.25) is 5.95 Å². The summed E-state index contributed by atoms with van der Waals surface area (Å²) >= 11 is 0. The zero-order chi connectivity index (χ0) is 22.0. The topological polar surface area (TPSA) is 141 Å². The first-order chi connectivity index (χ1) is 13.3. The number of alkyl halides is 3. The van der Waals surface area contributed by atoms with Gasteiger partial charge in [0.15, 0.2) is 17.6 Å². The van der Waals surface area contributed by atoms with Gasteiger partial charge < -0.3 is 19.5 Å². The molecule has 0 amide bonds. The van der Waals surface area contributed by atoms with Crippen LogP contribution in [0.1, 0.15) is 19.5 Å². The Bertz CT molecular complexity index is 879. The molecule has 1 saturated heterocycles. The van der Waals surface area contributed by atoms with Crippen molar-refractivity contribution in [2.24, 2.45) is 0 Å². The summed E-state index contributed by atoms with van der Waals surface area (Å²) in [4.78, 5) is 29.9.